The Labute approximate surface area is 770 Å². The van der Waals surface area contributed by atoms with Gasteiger partial charge in [-0.05, 0) is 251 Å². The topological polar surface area (TPSA) is 403 Å². The number of carbonyl (C=O) groups excluding carboxylic acids is 8. The van der Waals surface area contributed by atoms with E-state index in [-0.39, 0.29) is 135 Å². The molecule has 12 rings (SSSR count). The van der Waals surface area contributed by atoms with Gasteiger partial charge in [-0.25, -0.2) is 0 Å². The predicted octanol–water partition coefficient (Wildman–Crippen LogP) is 23.3. The smallest absolute Gasteiger partial charge is 0.197 e. The monoisotopic (exact) mass is 2220 g/mol. The minimum absolute atomic E-state index is 0.0000703. The van der Waals surface area contributed by atoms with Crippen LogP contribution in [-0.2, 0) is 70.5 Å². The summed E-state index contributed by atoms with van der Waals surface area (Å²) < 4.78 is 26.9. The van der Waals surface area contributed by atoms with Crippen LogP contribution in [0.3, 0.4) is 0 Å². The van der Waals surface area contributed by atoms with E-state index in [1.54, 1.807) is 60.7 Å². The zero-order valence-electron chi connectivity index (χ0n) is 68.0. The highest BCUT2D eigenvalue weighted by Gasteiger charge is 2.31. The van der Waals surface area contributed by atoms with Crippen LogP contribution in [0.2, 0.25) is 0 Å². The Balaban J connectivity index is 0.000000183. The largest absolute Gasteiger partial charge is 0.508 e. The standard InChI is InChI=1S/C24H24I2O5.C23H22Br2O5.C23H22I2O5.C23H26N2O5/c1-3-5-7-15(27)8-13-11-21-16(12-19(13)28)22(20(31-21)6-4-2)23(29)14-9-17(25)24(30)18(26)10-14;3*1-3-5-6-14(26)7-12-10-20-15(11-18(12)27)21(19(4-2)30-20)22(28)13-8-16(24)23(29)17(25)9-13/h9-12,28,30H,3-8H2,1-2H3;2*8-11,27,29H,3-7H2,1-2H3;8-11,27,29H,3-7,24-25H2,1-2H3. The number of rotatable bonds is 33. The number of carbonyl (C=O) groups is 8. The Morgan fingerprint density at radius 2 is 0.554 bits per heavy atom. The van der Waals surface area contributed by atoms with Crippen LogP contribution in [0.5, 0.6) is 46.0 Å². The third-order valence-electron chi connectivity index (χ3n) is 20.3. The van der Waals surface area contributed by atoms with Gasteiger partial charge < -0.3 is 70.0 Å². The maximum Gasteiger partial charge on any atom is 0.197 e. The molecule has 28 heteroatoms. The second-order valence-corrected chi connectivity index (χ2v) is 35.6. The van der Waals surface area contributed by atoms with Gasteiger partial charge in [0.25, 0.3) is 0 Å². The normalized spacial score (nSPS) is 11.2. The fourth-order valence-corrected chi connectivity index (χ4v) is 18.5. The highest BCUT2D eigenvalue weighted by Crippen LogP contribution is 2.43. The molecule has 0 fully saturated rings. The zero-order valence-corrected chi connectivity index (χ0v) is 79.8. The maximum atomic E-state index is 13.4. The molecule has 0 radical (unpaired) electrons. The summed E-state index contributed by atoms with van der Waals surface area (Å²) in [6, 6.07) is 25.0. The molecule has 0 amide bonds. The molecule has 22 nitrogen and oxygen atoms in total. The van der Waals surface area contributed by atoms with Gasteiger partial charge in [-0.2, -0.15) is 0 Å². The van der Waals surface area contributed by atoms with E-state index < -0.39 is 0 Å². The van der Waals surface area contributed by atoms with Gasteiger partial charge in [-0.15, -0.1) is 0 Å². The lowest BCUT2D eigenvalue weighted by Gasteiger charge is -2.08. The number of phenols is 8. The Morgan fingerprint density at radius 1 is 0.314 bits per heavy atom. The lowest BCUT2D eigenvalue weighted by atomic mass is 9.96. The van der Waals surface area contributed by atoms with E-state index in [4.69, 9.17) is 29.1 Å². The van der Waals surface area contributed by atoms with E-state index in [1.165, 1.54) is 36.4 Å². The van der Waals surface area contributed by atoms with Crippen molar-refractivity contribution < 1.29 is 96.9 Å². The summed E-state index contributed by atoms with van der Waals surface area (Å²) >= 11 is 14.5. The van der Waals surface area contributed by atoms with Crippen LogP contribution in [0.15, 0.2) is 124 Å². The summed E-state index contributed by atoms with van der Waals surface area (Å²) in [5, 5.41) is 83.9. The van der Waals surface area contributed by atoms with Gasteiger partial charge in [0.05, 0.1) is 56.9 Å². The average molecular weight is 2230 g/mol. The van der Waals surface area contributed by atoms with Crippen molar-refractivity contribution >= 4 is 224 Å². The molecular formula is C93H94Br2I4N2O20. The van der Waals surface area contributed by atoms with Crippen LogP contribution in [0.1, 0.15) is 248 Å². The Bertz CT molecular complexity index is 5470. The number of ketones is 8. The number of aromatic hydroxyl groups is 8. The van der Waals surface area contributed by atoms with Crippen molar-refractivity contribution in [2.24, 2.45) is 0 Å². The number of Topliss-reactive ketones (excluding diaryl/α,β-unsaturated/α-hetero) is 4. The average Bonchev–Trinajstić information content (AvgIpc) is 1.64. The van der Waals surface area contributed by atoms with Crippen LogP contribution < -0.4 is 11.5 Å². The molecular weight excluding hydrogens is 2130 g/mol. The van der Waals surface area contributed by atoms with Crippen molar-refractivity contribution in [2.75, 3.05) is 11.5 Å². The van der Waals surface area contributed by atoms with Crippen LogP contribution in [0.25, 0.3) is 43.9 Å². The number of unbranched alkanes of at least 4 members (excludes halogenated alkanes) is 4. The van der Waals surface area contributed by atoms with Crippen LogP contribution >= 0.6 is 122 Å². The third-order valence-corrected chi connectivity index (χ3v) is 24.8. The second kappa shape index (κ2) is 43.5. The van der Waals surface area contributed by atoms with E-state index in [0.717, 1.165) is 57.8 Å². The number of furan rings is 4. The number of phenolic OH excluding ortho intramolecular Hbond substituents is 8. The number of anilines is 2. The molecule has 0 unspecified atom stereocenters. The van der Waals surface area contributed by atoms with Gasteiger partial charge in [0.15, 0.2) is 28.9 Å². The number of benzene rings is 8. The molecule has 0 saturated heterocycles. The first kappa shape index (κ1) is 96.0. The first-order valence-corrected chi connectivity index (χ1v) is 45.7. The van der Waals surface area contributed by atoms with Gasteiger partial charge in [0, 0.05) is 143 Å². The van der Waals surface area contributed by atoms with E-state index in [1.807, 2.05) is 146 Å². The summed E-state index contributed by atoms with van der Waals surface area (Å²) in [5.74, 6) is 1.11. The Hall–Kier alpha value is -8.84. The third kappa shape index (κ3) is 23.0. The highest BCUT2D eigenvalue weighted by molar-refractivity contribution is 14.1. The molecule has 0 bridgehead atoms. The van der Waals surface area contributed by atoms with Gasteiger partial charge in [-0.1, -0.05) is 81.1 Å². The molecule has 638 valence electrons. The summed E-state index contributed by atoms with van der Waals surface area (Å²) in [7, 11) is 0. The molecule has 12 N–H and O–H groups in total. The highest BCUT2D eigenvalue weighted by atomic mass is 127. The van der Waals surface area contributed by atoms with Gasteiger partial charge in [-0.3, -0.25) is 38.4 Å². The van der Waals surface area contributed by atoms with Crippen molar-refractivity contribution in [1.82, 2.24) is 0 Å². The number of halogens is 6. The van der Waals surface area contributed by atoms with Crippen molar-refractivity contribution in [3.8, 4) is 46.0 Å². The van der Waals surface area contributed by atoms with Gasteiger partial charge >= 0.3 is 0 Å². The lowest BCUT2D eigenvalue weighted by molar-refractivity contribution is -0.119. The van der Waals surface area contributed by atoms with Crippen molar-refractivity contribution in [3.05, 3.63) is 210 Å². The second-order valence-electron chi connectivity index (χ2n) is 29.3. The van der Waals surface area contributed by atoms with Crippen LogP contribution in [0.4, 0.5) is 11.4 Å². The number of fused-ring (bicyclic) bond motifs is 4. The predicted molar refractivity (Wildman–Crippen MR) is 508 cm³/mol. The van der Waals surface area contributed by atoms with E-state index in [9.17, 15) is 79.2 Å². The number of hydrogen-bond acceptors (Lipinski definition) is 22. The Kier molecular flexibility index (Phi) is 34.5. The lowest BCUT2D eigenvalue weighted by Crippen LogP contribution is -2.06. The summed E-state index contributed by atoms with van der Waals surface area (Å²) in [5.41, 5.74) is 18.3. The number of nitrogens with two attached hydrogens (primary N) is 2. The molecule has 0 aliphatic rings. The van der Waals surface area contributed by atoms with Crippen molar-refractivity contribution in [3.63, 3.8) is 0 Å². The molecule has 0 aliphatic carbocycles. The quantitative estimate of drug-likeness (QED) is 0.00790. The van der Waals surface area contributed by atoms with Crippen LogP contribution in [-0.4, -0.2) is 87.1 Å². The van der Waals surface area contributed by atoms with Gasteiger partial charge in [0.1, 0.15) is 109 Å². The van der Waals surface area contributed by atoms with Crippen molar-refractivity contribution in [1.29, 1.82) is 0 Å². The molecule has 0 saturated carbocycles. The minimum atomic E-state index is -0.379. The first-order valence-electron chi connectivity index (χ1n) is 39.8. The molecule has 12 aromatic rings. The number of hydrogen-bond donors (Lipinski definition) is 10. The van der Waals surface area contributed by atoms with E-state index in [0.29, 0.717) is 203 Å². The summed E-state index contributed by atoms with van der Waals surface area (Å²) in [4.78, 5) is 102. The Morgan fingerprint density at radius 3 is 0.802 bits per heavy atom. The van der Waals surface area contributed by atoms with E-state index in [2.05, 4.69) is 31.9 Å². The molecule has 0 atom stereocenters. The maximum absolute atomic E-state index is 13.4. The first-order chi connectivity index (χ1) is 57.5. The molecule has 8 aromatic carbocycles. The fraction of sp³-hybridized carbons (Fsp3) is 0.312. The van der Waals surface area contributed by atoms with Gasteiger partial charge in [0.2, 0.25) is 0 Å². The summed E-state index contributed by atoms with van der Waals surface area (Å²) in [6.07, 6.45) is 12.2. The molecule has 121 heavy (non-hydrogen) atoms. The van der Waals surface area contributed by atoms with Crippen molar-refractivity contribution in [2.45, 2.75) is 190 Å². The van der Waals surface area contributed by atoms with E-state index >= 15 is 0 Å². The van der Waals surface area contributed by atoms with Crippen LogP contribution in [0, 0.1) is 14.3 Å². The summed E-state index contributed by atoms with van der Waals surface area (Å²) in [6.45, 7) is 15.7. The molecule has 4 aromatic heterocycles. The zero-order chi connectivity index (χ0) is 88.7. The fourth-order valence-electron chi connectivity index (χ4n) is 13.8. The molecule has 4 heterocycles. The number of nitrogen functional groups attached to an aromatic ring is 2. The number of aryl methyl sites for hydroxylation is 4. The SMILES string of the molecule is CCCCC(=O)Cc1cc2oc(CC)c(C(=O)c3cc(Br)c(O)c(Br)c3)c2cc1O.CCCCC(=O)Cc1cc2oc(CC)c(C(=O)c3cc(I)c(O)c(I)c3)c2cc1O.CCCCC(=O)Cc1cc2oc(CC)c(C(=O)c3cc(N)c(O)c(N)c3)c2cc1O.CCCCC(=O)Cc1cc2oc(CCC)c(C(=O)c3cc(I)c(O)c(I)c3)c2cc1O. The molecule has 0 spiro atoms. The molecule has 0 aliphatic heterocycles. The minimum Gasteiger partial charge on any atom is -0.508 e.